The van der Waals surface area contributed by atoms with E-state index in [1.54, 1.807) is 19.0 Å². The fraction of sp³-hybridized carbons (Fsp3) is 0.562. The summed E-state index contributed by atoms with van der Waals surface area (Å²) in [5.41, 5.74) is -0.998. The maximum atomic E-state index is 13.1. The molecule has 0 spiro atoms. The van der Waals surface area contributed by atoms with Gasteiger partial charge in [-0.25, -0.2) is 9.97 Å². The maximum absolute atomic E-state index is 13.1. The SMILES string of the molecule is CN(C)c1cc(C(F)(F)F)nc(N2CCN(Cc3nccn3C(F)F)CC2)n1. The molecule has 0 radical (unpaired) electrons. The molecule has 0 amide bonds. The van der Waals surface area contributed by atoms with E-state index in [1.807, 2.05) is 4.90 Å². The molecule has 0 unspecified atom stereocenters. The lowest BCUT2D eigenvalue weighted by atomic mass is 10.3. The largest absolute Gasteiger partial charge is 0.433 e. The molecule has 0 saturated carbocycles. The minimum Gasteiger partial charge on any atom is -0.363 e. The van der Waals surface area contributed by atoms with Crippen molar-refractivity contribution in [1.82, 2.24) is 24.4 Å². The number of hydrogen-bond donors (Lipinski definition) is 0. The number of piperazine rings is 1. The third-order valence-corrected chi connectivity index (χ3v) is 4.43. The van der Waals surface area contributed by atoms with E-state index in [1.165, 1.54) is 17.3 Å². The number of halogens is 5. The van der Waals surface area contributed by atoms with E-state index < -0.39 is 18.4 Å². The van der Waals surface area contributed by atoms with Crippen LogP contribution >= 0.6 is 0 Å². The van der Waals surface area contributed by atoms with Gasteiger partial charge in [-0.05, 0) is 0 Å². The van der Waals surface area contributed by atoms with Gasteiger partial charge in [-0.3, -0.25) is 9.47 Å². The van der Waals surface area contributed by atoms with Gasteiger partial charge >= 0.3 is 12.7 Å². The zero-order chi connectivity index (χ0) is 20.5. The Labute approximate surface area is 158 Å². The minimum atomic E-state index is -4.57. The van der Waals surface area contributed by atoms with Crippen molar-refractivity contribution in [3.8, 4) is 0 Å². The van der Waals surface area contributed by atoms with Crippen LogP contribution in [0, 0.1) is 0 Å². The van der Waals surface area contributed by atoms with Crippen molar-refractivity contribution >= 4 is 11.8 Å². The molecule has 0 aliphatic carbocycles. The molecule has 3 rings (SSSR count). The second-order valence-electron chi connectivity index (χ2n) is 6.60. The van der Waals surface area contributed by atoms with Crippen LogP contribution in [0.2, 0.25) is 0 Å². The first-order valence-corrected chi connectivity index (χ1v) is 8.56. The average Bonchev–Trinajstić information content (AvgIpc) is 3.09. The van der Waals surface area contributed by atoms with E-state index in [-0.39, 0.29) is 24.1 Å². The smallest absolute Gasteiger partial charge is 0.363 e. The lowest BCUT2D eigenvalue weighted by molar-refractivity contribution is -0.141. The molecule has 154 valence electrons. The van der Waals surface area contributed by atoms with Crippen molar-refractivity contribution in [3.05, 3.63) is 30.0 Å². The highest BCUT2D eigenvalue weighted by Crippen LogP contribution is 2.31. The molecular formula is C16H20F5N7. The number of nitrogens with zero attached hydrogens (tertiary/aromatic N) is 7. The lowest BCUT2D eigenvalue weighted by Crippen LogP contribution is -2.47. The summed E-state index contributed by atoms with van der Waals surface area (Å²) >= 11 is 0. The predicted molar refractivity (Wildman–Crippen MR) is 92.3 cm³/mol. The summed E-state index contributed by atoms with van der Waals surface area (Å²) < 4.78 is 66.1. The third-order valence-electron chi connectivity index (χ3n) is 4.43. The molecule has 2 aromatic rings. The minimum absolute atomic E-state index is 0.00672. The molecule has 28 heavy (non-hydrogen) atoms. The van der Waals surface area contributed by atoms with Crippen LogP contribution in [0.1, 0.15) is 18.1 Å². The van der Waals surface area contributed by atoms with Gasteiger partial charge in [-0.1, -0.05) is 0 Å². The zero-order valence-corrected chi connectivity index (χ0v) is 15.4. The van der Waals surface area contributed by atoms with E-state index in [0.717, 1.165) is 10.6 Å². The fourth-order valence-electron chi connectivity index (χ4n) is 2.89. The van der Waals surface area contributed by atoms with Crippen molar-refractivity contribution in [3.63, 3.8) is 0 Å². The number of rotatable bonds is 5. The van der Waals surface area contributed by atoms with Crippen LogP contribution in [-0.4, -0.2) is 64.7 Å². The van der Waals surface area contributed by atoms with Crippen LogP contribution in [0.5, 0.6) is 0 Å². The van der Waals surface area contributed by atoms with Crippen molar-refractivity contribution in [2.45, 2.75) is 19.3 Å². The van der Waals surface area contributed by atoms with Crippen LogP contribution < -0.4 is 9.80 Å². The molecular weight excluding hydrogens is 385 g/mol. The molecule has 0 aromatic carbocycles. The normalized spacial score (nSPS) is 16.1. The maximum Gasteiger partial charge on any atom is 0.433 e. The molecule has 0 bridgehead atoms. The first-order valence-electron chi connectivity index (χ1n) is 8.56. The van der Waals surface area contributed by atoms with Crippen LogP contribution in [0.25, 0.3) is 0 Å². The van der Waals surface area contributed by atoms with Crippen LogP contribution in [0.4, 0.5) is 33.7 Å². The molecule has 2 aromatic heterocycles. The van der Waals surface area contributed by atoms with Crippen LogP contribution in [-0.2, 0) is 12.7 Å². The van der Waals surface area contributed by atoms with Crippen LogP contribution in [0.3, 0.4) is 0 Å². The highest BCUT2D eigenvalue weighted by atomic mass is 19.4. The molecule has 3 heterocycles. The Morgan fingerprint density at radius 2 is 1.79 bits per heavy atom. The van der Waals surface area contributed by atoms with Gasteiger partial charge in [-0.15, -0.1) is 0 Å². The van der Waals surface area contributed by atoms with Gasteiger partial charge in [0.1, 0.15) is 11.6 Å². The van der Waals surface area contributed by atoms with Gasteiger partial charge in [-0.2, -0.15) is 26.9 Å². The average molecular weight is 405 g/mol. The Hall–Kier alpha value is -2.50. The summed E-state index contributed by atoms with van der Waals surface area (Å²) in [6.45, 7) is -0.744. The van der Waals surface area contributed by atoms with E-state index in [4.69, 9.17) is 0 Å². The monoisotopic (exact) mass is 405 g/mol. The highest BCUT2D eigenvalue weighted by Gasteiger charge is 2.35. The molecule has 12 heteroatoms. The number of hydrogen-bond acceptors (Lipinski definition) is 6. The van der Waals surface area contributed by atoms with E-state index in [2.05, 4.69) is 15.0 Å². The van der Waals surface area contributed by atoms with Crippen molar-refractivity contribution in [2.75, 3.05) is 50.1 Å². The fourth-order valence-corrected chi connectivity index (χ4v) is 2.89. The Balaban J connectivity index is 1.71. The number of alkyl halides is 5. The first-order chi connectivity index (χ1) is 13.1. The van der Waals surface area contributed by atoms with Gasteiger partial charge in [0, 0.05) is 58.7 Å². The van der Waals surface area contributed by atoms with Crippen molar-refractivity contribution in [2.24, 2.45) is 0 Å². The van der Waals surface area contributed by atoms with Gasteiger partial charge in [0.15, 0.2) is 5.69 Å². The van der Waals surface area contributed by atoms with E-state index in [9.17, 15) is 22.0 Å². The van der Waals surface area contributed by atoms with Crippen LogP contribution in [0.15, 0.2) is 18.5 Å². The molecule has 1 fully saturated rings. The van der Waals surface area contributed by atoms with Gasteiger partial charge in [0.2, 0.25) is 5.95 Å². The van der Waals surface area contributed by atoms with E-state index >= 15 is 0 Å². The summed E-state index contributed by atoms with van der Waals surface area (Å²) in [5.74, 6) is 0.416. The summed E-state index contributed by atoms with van der Waals surface area (Å²) in [7, 11) is 3.21. The van der Waals surface area contributed by atoms with Crippen molar-refractivity contribution < 1.29 is 22.0 Å². The third kappa shape index (κ3) is 4.49. The predicted octanol–water partition coefficient (Wildman–Crippen LogP) is 2.48. The Morgan fingerprint density at radius 3 is 2.36 bits per heavy atom. The highest BCUT2D eigenvalue weighted by molar-refractivity contribution is 5.45. The van der Waals surface area contributed by atoms with Gasteiger partial charge in [0.05, 0.1) is 6.54 Å². The van der Waals surface area contributed by atoms with Gasteiger partial charge < -0.3 is 9.80 Å². The summed E-state index contributed by atoms with van der Waals surface area (Å²) in [6.07, 6.45) is -2.04. The molecule has 1 aliphatic rings. The number of anilines is 2. The Bertz CT molecular complexity index is 797. The molecule has 1 aliphatic heterocycles. The summed E-state index contributed by atoms with van der Waals surface area (Å²) in [4.78, 5) is 16.9. The Morgan fingerprint density at radius 1 is 1.11 bits per heavy atom. The summed E-state index contributed by atoms with van der Waals surface area (Å²) in [6, 6.07) is 0.907. The Kier molecular flexibility index (Phi) is 5.68. The standard InChI is InChI=1S/C16H20F5N7/c1-25(2)12-9-11(16(19,20)21)23-15(24-12)27-7-5-26(6-8-27)10-13-22-3-4-28(13)14(17)18/h3-4,9,14H,5-8,10H2,1-2H3. The topological polar surface area (TPSA) is 53.3 Å². The number of aromatic nitrogens is 4. The lowest BCUT2D eigenvalue weighted by Gasteiger charge is -2.35. The van der Waals surface area contributed by atoms with E-state index in [0.29, 0.717) is 26.2 Å². The second kappa shape index (κ2) is 7.86. The van der Waals surface area contributed by atoms with Crippen molar-refractivity contribution in [1.29, 1.82) is 0 Å². The first kappa shape index (κ1) is 20.2. The molecule has 0 atom stereocenters. The van der Waals surface area contributed by atoms with Gasteiger partial charge in [0.25, 0.3) is 0 Å². The molecule has 7 nitrogen and oxygen atoms in total. The summed E-state index contributed by atoms with van der Waals surface area (Å²) in [5, 5.41) is 0. The molecule has 0 N–H and O–H groups in total. The quantitative estimate of drug-likeness (QED) is 0.713. The second-order valence-corrected chi connectivity index (χ2v) is 6.60. The molecule has 1 saturated heterocycles. The zero-order valence-electron chi connectivity index (χ0n) is 15.4. The number of imidazole rings is 1.